The molecule has 0 radical (unpaired) electrons. The van der Waals surface area contributed by atoms with Crippen molar-refractivity contribution in [3.63, 3.8) is 0 Å². The van der Waals surface area contributed by atoms with Crippen LogP contribution in [0, 0.1) is 5.92 Å². The minimum atomic E-state index is -0.0789. The highest BCUT2D eigenvalue weighted by Gasteiger charge is 2.22. The molecule has 2 rings (SSSR count). The predicted molar refractivity (Wildman–Crippen MR) is 86.8 cm³/mol. The van der Waals surface area contributed by atoms with Gasteiger partial charge in [-0.15, -0.1) is 12.6 Å². The van der Waals surface area contributed by atoms with E-state index in [4.69, 9.17) is 11.6 Å². The van der Waals surface area contributed by atoms with Crippen molar-refractivity contribution in [2.24, 2.45) is 5.92 Å². The molecule has 1 N–H and O–H groups in total. The van der Waals surface area contributed by atoms with E-state index in [1.54, 1.807) is 18.2 Å². The maximum atomic E-state index is 12.3. The number of nitrogens with one attached hydrogen (secondary N) is 1. The Morgan fingerprint density at radius 3 is 2.70 bits per heavy atom. The molecular weight excluding hydrogens is 290 g/mol. The number of amides is 1. The summed E-state index contributed by atoms with van der Waals surface area (Å²) in [4.78, 5) is 13.0. The van der Waals surface area contributed by atoms with Crippen molar-refractivity contribution in [1.29, 1.82) is 0 Å². The minimum absolute atomic E-state index is 0.0789. The van der Waals surface area contributed by atoms with Crippen LogP contribution in [0.15, 0.2) is 23.1 Å². The average Bonchev–Trinajstić information content (AvgIpc) is 2.44. The molecule has 110 valence electrons. The Labute approximate surface area is 131 Å². The molecule has 1 saturated carbocycles. The molecule has 0 aliphatic heterocycles. The fourth-order valence-electron chi connectivity index (χ4n) is 2.95. The lowest BCUT2D eigenvalue weighted by Gasteiger charge is -2.29. The Morgan fingerprint density at radius 2 is 2.05 bits per heavy atom. The van der Waals surface area contributed by atoms with Crippen molar-refractivity contribution >= 4 is 30.1 Å². The normalized spacial score (nSPS) is 22.6. The van der Waals surface area contributed by atoms with E-state index < -0.39 is 0 Å². The van der Waals surface area contributed by atoms with E-state index in [9.17, 15) is 4.79 Å². The molecule has 0 aromatic heterocycles. The molecule has 0 heterocycles. The number of hydrogen-bond acceptors (Lipinski definition) is 2. The molecule has 1 aromatic carbocycles. The van der Waals surface area contributed by atoms with Crippen LogP contribution in [0.2, 0.25) is 5.02 Å². The third kappa shape index (κ3) is 4.16. The Morgan fingerprint density at radius 1 is 1.35 bits per heavy atom. The van der Waals surface area contributed by atoms with Crippen LogP contribution in [0.25, 0.3) is 0 Å². The van der Waals surface area contributed by atoms with Crippen LogP contribution in [0.3, 0.4) is 0 Å². The van der Waals surface area contributed by atoms with Crippen molar-refractivity contribution in [3.8, 4) is 0 Å². The first-order chi connectivity index (χ1) is 9.60. The van der Waals surface area contributed by atoms with E-state index in [1.807, 2.05) is 0 Å². The second kappa shape index (κ2) is 7.37. The molecule has 0 spiro atoms. The van der Waals surface area contributed by atoms with Gasteiger partial charge in [-0.25, -0.2) is 0 Å². The molecule has 0 saturated heterocycles. The van der Waals surface area contributed by atoms with E-state index in [-0.39, 0.29) is 11.9 Å². The maximum Gasteiger partial charge on any atom is 0.253 e. The number of carbonyl (C=O) groups is 1. The van der Waals surface area contributed by atoms with E-state index in [1.165, 1.54) is 25.7 Å². The smallest absolute Gasteiger partial charge is 0.253 e. The van der Waals surface area contributed by atoms with E-state index in [0.29, 0.717) is 10.6 Å². The number of rotatable bonds is 4. The fourth-order valence-corrected chi connectivity index (χ4v) is 3.36. The van der Waals surface area contributed by atoms with Crippen LogP contribution in [0.5, 0.6) is 0 Å². The van der Waals surface area contributed by atoms with Crippen molar-refractivity contribution in [2.45, 2.75) is 56.4 Å². The highest BCUT2D eigenvalue weighted by molar-refractivity contribution is 7.80. The summed E-state index contributed by atoms with van der Waals surface area (Å²) in [6.07, 6.45) is 7.17. The van der Waals surface area contributed by atoms with Crippen molar-refractivity contribution in [1.82, 2.24) is 5.32 Å². The summed E-state index contributed by atoms with van der Waals surface area (Å²) >= 11 is 10.3. The van der Waals surface area contributed by atoms with Gasteiger partial charge in [0.25, 0.3) is 5.91 Å². The number of halogens is 1. The summed E-state index contributed by atoms with van der Waals surface area (Å²) in [5.41, 5.74) is 0.523. The monoisotopic (exact) mass is 311 g/mol. The van der Waals surface area contributed by atoms with Gasteiger partial charge in [-0.1, -0.05) is 31.4 Å². The maximum absolute atomic E-state index is 12.3. The van der Waals surface area contributed by atoms with Gasteiger partial charge >= 0.3 is 0 Å². The zero-order chi connectivity index (χ0) is 14.5. The molecule has 1 aliphatic carbocycles. The number of hydrogen-bond donors (Lipinski definition) is 2. The summed E-state index contributed by atoms with van der Waals surface area (Å²) in [5, 5.41) is 3.59. The van der Waals surface area contributed by atoms with Crippen LogP contribution in [0.1, 0.15) is 55.8 Å². The first-order valence-electron chi connectivity index (χ1n) is 7.39. The van der Waals surface area contributed by atoms with E-state index in [0.717, 1.165) is 23.7 Å². The van der Waals surface area contributed by atoms with Crippen LogP contribution in [-0.4, -0.2) is 11.9 Å². The summed E-state index contributed by atoms with van der Waals surface area (Å²) in [7, 11) is 0. The highest BCUT2D eigenvalue weighted by atomic mass is 35.5. The SMILES string of the molecule is CCCC1CCC(NC(=O)c2cc(S)ccc2Cl)CC1. The second-order valence-electron chi connectivity index (χ2n) is 5.64. The van der Waals surface area contributed by atoms with Gasteiger partial charge < -0.3 is 5.32 Å². The van der Waals surface area contributed by atoms with Crippen molar-refractivity contribution < 1.29 is 4.79 Å². The van der Waals surface area contributed by atoms with Gasteiger partial charge in [0.05, 0.1) is 10.6 Å². The predicted octanol–water partition coefficient (Wildman–Crippen LogP) is 4.72. The van der Waals surface area contributed by atoms with Crippen LogP contribution >= 0.6 is 24.2 Å². The fraction of sp³-hybridized carbons (Fsp3) is 0.562. The molecular formula is C16H22ClNOS. The Bertz CT molecular complexity index is 470. The lowest BCUT2D eigenvalue weighted by Crippen LogP contribution is -2.37. The van der Waals surface area contributed by atoms with Gasteiger partial charge in [-0.05, 0) is 49.8 Å². The molecule has 0 atom stereocenters. The zero-order valence-corrected chi connectivity index (χ0v) is 13.5. The lowest BCUT2D eigenvalue weighted by molar-refractivity contribution is 0.0921. The van der Waals surface area contributed by atoms with Crippen molar-refractivity contribution in [3.05, 3.63) is 28.8 Å². The average molecular weight is 312 g/mol. The molecule has 1 aliphatic rings. The molecule has 2 nitrogen and oxygen atoms in total. The Kier molecular flexibility index (Phi) is 5.79. The van der Waals surface area contributed by atoms with Gasteiger partial charge in [0.15, 0.2) is 0 Å². The van der Waals surface area contributed by atoms with Crippen LogP contribution in [0.4, 0.5) is 0 Å². The molecule has 0 unspecified atom stereocenters. The highest BCUT2D eigenvalue weighted by Crippen LogP contribution is 2.28. The first-order valence-corrected chi connectivity index (χ1v) is 8.22. The number of thiol groups is 1. The van der Waals surface area contributed by atoms with Crippen molar-refractivity contribution in [2.75, 3.05) is 0 Å². The standard InChI is InChI=1S/C16H22ClNOS/c1-2-3-11-4-6-12(7-5-11)18-16(19)14-10-13(20)8-9-15(14)17/h8-12,20H,2-7H2,1H3,(H,18,19). The quantitative estimate of drug-likeness (QED) is 0.774. The zero-order valence-electron chi connectivity index (χ0n) is 11.9. The minimum Gasteiger partial charge on any atom is -0.349 e. The Balaban J connectivity index is 1.91. The van der Waals surface area contributed by atoms with Gasteiger partial charge in [0, 0.05) is 10.9 Å². The van der Waals surface area contributed by atoms with Gasteiger partial charge in [-0.2, -0.15) is 0 Å². The first kappa shape index (κ1) is 15.7. The van der Waals surface area contributed by atoms with Crippen LogP contribution in [-0.2, 0) is 0 Å². The summed E-state index contributed by atoms with van der Waals surface area (Å²) in [5.74, 6) is 0.766. The van der Waals surface area contributed by atoms with Gasteiger partial charge in [0.1, 0.15) is 0 Å². The number of benzene rings is 1. The molecule has 4 heteroatoms. The molecule has 0 bridgehead atoms. The summed E-state index contributed by atoms with van der Waals surface area (Å²) in [6, 6.07) is 5.52. The number of carbonyl (C=O) groups excluding carboxylic acids is 1. The van der Waals surface area contributed by atoms with Crippen LogP contribution < -0.4 is 5.32 Å². The molecule has 1 amide bonds. The summed E-state index contributed by atoms with van der Waals surface area (Å²) in [6.45, 7) is 2.24. The van der Waals surface area contributed by atoms with Gasteiger partial charge in [0.2, 0.25) is 0 Å². The van der Waals surface area contributed by atoms with E-state index in [2.05, 4.69) is 24.9 Å². The molecule has 1 aromatic rings. The Hall–Kier alpha value is -0.670. The lowest BCUT2D eigenvalue weighted by atomic mass is 9.83. The molecule has 1 fully saturated rings. The topological polar surface area (TPSA) is 29.1 Å². The summed E-state index contributed by atoms with van der Waals surface area (Å²) < 4.78 is 0. The van der Waals surface area contributed by atoms with Gasteiger partial charge in [-0.3, -0.25) is 4.79 Å². The third-order valence-corrected chi connectivity index (χ3v) is 4.68. The largest absolute Gasteiger partial charge is 0.349 e. The van der Waals surface area contributed by atoms with E-state index >= 15 is 0 Å². The second-order valence-corrected chi connectivity index (χ2v) is 6.57. The molecule has 20 heavy (non-hydrogen) atoms. The third-order valence-electron chi connectivity index (χ3n) is 4.07.